The van der Waals surface area contributed by atoms with E-state index in [1.807, 2.05) is 18.2 Å². The zero-order chi connectivity index (χ0) is 8.97. The summed E-state index contributed by atoms with van der Waals surface area (Å²) in [5, 5.41) is 2.53. The van der Waals surface area contributed by atoms with Crippen molar-refractivity contribution in [2.75, 3.05) is 0 Å². The van der Waals surface area contributed by atoms with Crippen LogP contribution in [0.3, 0.4) is 0 Å². The summed E-state index contributed by atoms with van der Waals surface area (Å²) >= 11 is 2.34. The monoisotopic (exact) mass is 270 g/mol. The van der Waals surface area contributed by atoms with Crippen LogP contribution in [0.25, 0.3) is 9.66 Å². The van der Waals surface area contributed by atoms with Crippen molar-refractivity contribution in [2.24, 2.45) is 0 Å². The standard InChI is InChI=1S/C11H11I/c1-3-6-10-7-4-5-8-11(10)9(2)12/h3-8H,1H2,2H3/b10-6-,11-9+. The van der Waals surface area contributed by atoms with Crippen LogP contribution < -0.4 is 10.4 Å². The Kier molecular flexibility index (Phi) is 3.53. The van der Waals surface area contributed by atoms with E-state index in [-0.39, 0.29) is 0 Å². The molecule has 1 heteroatoms. The first kappa shape index (κ1) is 9.52. The summed E-state index contributed by atoms with van der Waals surface area (Å²) in [7, 11) is 0. The summed E-state index contributed by atoms with van der Waals surface area (Å²) in [6.45, 7) is 5.80. The third-order valence-corrected chi connectivity index (χ3v) is 2.21. The van der Waals surface area contributed by atoms with Gasteiger partial charge in [-0.3, -0.25) is 0 Å². The molecule has 0 aromatic heterocycles. The van der Waals surface area contributed by atoms with E-state index in [0.29, 0.717) is 0 Å². The zero-order valence-electron chi connectivity index (χ0n) is 7.05. The Morgan fingerprint density at radius 1 is 1.42 bits per heavy atom. The molecule has 0 radical (unpaired) electrons. The molecule has 12 heavy (non-hydrogen) atoms. The van der Waals surface area contributed by atoms with E-state index < -0.39 is 0 Å². The number of halogens is 1. The molecule has 0 amide bonds. The van der Waals surface area contributed by atoms with Crippen molar-refractivity contribution < 1.29 is 0 Å². The normalized spacial score (nSPS) is 14.3. The minimum Gasteiger partial charge on any atom is -0.0990 e. The smallest absolute Gasteiger partial charge is 0.00467 e. The fourth-order valence-electron chi connectivity index (χ4n) is 1.08. The highest BCUT2D eigenvalue weighted by Crippen LogP contribution is 1.99. The molecule has 62 valence electrons. The molecule has 0 aliphatic rings. The van der Waals surface area contributed by atoms with Gasteiger partial charge in [-0.25, -0.2) is 0 Å². The lowest BCUT2D eigenvalue weighted by Gasteiger charge is -1.90. The van der Waals surface area contributed by atoms with Crippen molar-refractivity contribution in [3.63, 3.8) is 0 Å². The summed E-state index contributed by atoms with van der Waals surface area (Å²) in [5.41, 5.74) is 0. The number of benzene rings is 1. The predicted molar refractivity (Wildman–Crippen MR) is 63.5 cm³/mol. The lowest BCUT2D eigenvalue weighted by Crippen LogP contribution is -2.24. The maximum absolute atomic E-state index is 3.69. The first-order valence-electron chi connectivity index (χ1n) is 3.80. The topological polar surface area (TPSA) is 0 Å². The molecule has 0 nitrogen and oxygen atoms in total. The van der Waals surface area contributed by atoms with Gasteiger partial charge in [-0.05, 0) is 43.5 Å². The highest BCUT2D eigenvalue weighted by Gasteiger charge is 1.85. The van der Waals surface area contributed by atoms with Gasteiger partial charge in [0.05, 0.1) is 0 Å². The van der Waals surface area contributed by atoms with Gasteiger partial charge in [0.2, 0.25) is 0 Å². The molecule has 1 rings (SSSR count). The summed E-state index contributed by atoms with van der Waals surface area (Å²) < 4.78 is 1.31. The number of hydrogen-bond acceptors (Lipinski definition) is 0. The Labute approximate surface area is 86.4 Å². The number of rotatable bonds is 1. The van der Waals surface area contributed by atoms with Crippen LogP contribution in [0.1, 0.15) is 6.92 Å². The highest BCUT2D eigenvalue weighted by molar-refractivity contribution is 14.1. The molecule has 0 spiro atoms. The van der Waals surface area contributed by atoms with Crippen LogP contribution in [0.4, 0.5) is 0 Å². The summed E-state index contributed by atoms with van der Waals surface area (Å²) in [5.74, 6) is 0. The Morgan fingerprint density at radius 3 is 2.67 bits per heavy atom. The van der Waals surface area contributed by atoms with E-state index in [1.165, 1.54) is 14.0 Å². The van der Waals surface area contributed by atoms with Gasteiger partial charge in [0.1, 0.15) is 0 Å². The molecule has 0 fully saturated rings. The first-order valence-corrected chi connectivity index (χ1v) is 4.88. The second kappa shape index (κ2) is 4.45. The van der Waals surface area contributed by atoms with Gasteiger partial charge in [-0.1, -0.05) is 43.0 Å². The van der Waals surface area contributed by atoms with Crippen LogP contribution >= 0.6 is 22.6 Å². The molecule has 0 unspecified atom stereocenters. The maximum atomic E-state index is 3.69. The first-order chi connectivity index (χ1) is 5.75. The fraction of sp³-hybridized carbons (Fsp3) is 0.0909. The second-order valence-electron chi connectivity index (χ2n) is 2.52. The van der Waals surface area contributed by atoms with Crippen LogP contribution in [0.5, 0.6) is 0 Å². The van der Waals surface area contributed by atoms with Crippen molar-refractivity contribution in [2.45, 2.75) is 6.92 Å². The second-order valence-corrected chi connectivity index (χ2v) is 4.14. The quantitative estimate of drug-likeness (QED) is 0.686. The molecule has 0 saturated heterocycles. The van der Waals surface area contributed by atoms with E-state index in [2.05, 4.69) is 54.3 Å². The van der Waals surface area contributed by atoms with Crippen molar-refractivity contribution in [3.8, 4) is 0 Å². The van der Waals surface area contributed by atoms with Crippen LogP contribution in [0.15, 0.2) is 36.9 Å². The van der Waals surface area contributed by atoms with E-state index in [0.717, 1.165) is 0 Å². The molecule has 0 bridgehead atoms. The van der Waals surface area contributed by atoms with E-state index in [1.54, 1.807) is 0 Å². The van der Waals surface area contributed by atoms with Crippen LogP contribution in [0, 0.1) is 0 Å². The van der Waals surface area contributed by atoms with Gasteiger partial charge in [0, 0.05) is 0 Å². The van der Waals surface area contributed by atoms with Gasteiger partial charge in [-0.2, -0.15) is 0 Å². The molecule has 0 aliphatic heterocycles. The fourth-order valence-corrected chi connectivity index (χ4v) is 1.57. The van der Waals surface area contributed by atoms with E-state index in [4.69, 9.17) is 0 Å². The van der Waals surface area contributed by atoms with Crippen LogP contribution in [-0.2, 0) is 0 Å². The van der Waals surface area contributed by atoms with Crippen molar-refractivity contribution in [3.05, 3.63) is 47.4 Å². The maximum Gasteiger partial charge on any atom is -0.00467 e. The Balaban J connectivity index is 3.60. The molecule has 1 aromatic rings. The Morgan fingerprint density at radius 2 is 2.08 bits per heavy atom. The summed E-state index contributed by atoms with van der Waals surface area (Å²) in [4.78, 5) is 0. The largest absolute Gasteiger partial charge is 0.0990 e. The Bertz CT molecular complexity index is 384. The number of allylic oxidation sites excluding steroid dienone is 1. The molecule has 0 aliphatic carbocycles. The van der Waals surface area contributed by atoms with Gasteiger partial charge in [0.25, 0.3) is 0 Å². The van der Waals surface area contributed by atoms with E-state index >= 15 is 0 Å². The predicted octanol–water partition coefficient (Wildman–Crippen LogP) is 2.22. The van der Waals surface area contributed by atoms with Crippen molar-refractivity contribution >= 4 is 32.2 Å². The van der Waals surface area contributed by atoms with Crippen molar-refractivity contribution in [1.82, 2.24) is 0 Å². The minimum absolute atomic E-state index is 1.24. The summed E-state index contributed by atoms with van der Waals surface area (Å²) in [6.07, 6.45) is 3.84. The van der Waals surface area contributed by atoms with Crippen LogP contribution in [0.2, 0.25) is 0 Å². The average molecular weight is 270 g/mol. The van der Waals surface area contributed by atoms with Crippen LogP contribution in [-0.4, -0.2) is 0 Å². The SMILES string of the molecule is C=C/C=c1/cccc/c1=C(/C)I. The molecule has 1 aromatic carbocycles. The minimum atomic E-state index is 1.24. The molecule has 0 saturated carbocycles. The lowest BCUT2D eigenvalue weighted by molar-refractivity contribution is 1.51. The zero-order valence-corrected chi connectivity index (χ0v) is 9.21. The third kappa shape index (κ3) is 2.21. The highest BCUT2D eigenvalue weighted by atomic mass is 127. The molecule has 0 N–H and O–H groups in total. The lowest BCUT2D eigenvalue weighted by atomic mass is 10.2. The number of hydrogen-bond donors (Lipinski definition) is 0. The third-order valence-electron chi connectivity index (χ3n) is 1.63. The molecular weight excluding hydrogens is 259 g/mol. The molecule has 0 heterocycles. The van der Waals surface area contributed by atoms with Gasteiger partial charge in [-0.15, -0.1) is 0 Å². The Hall–Kier alpha value is -0.570. The van der Waals surface area contributed by atoms with E-state index in [9.17, 15) is 0 Å². The molecular formula is C11H11I. The summed E-state index contributed by atoms with van der Waals surface area (Å²) in [6, 6.07) is 8.31. The molecule has 0 atom stereocenters. The van der Waals surface area contributed by atoms with Crippen molar-refractivity contribution in [1.29, 1.82) is 0 Å². The van der Waals surface area contributed by atoms with Gasteiger partial charge in [0.15, 0.2) is 0 Å². The van der Waals surface area contributed by atoms with Gasteiger partial charge < -0.3 is 0 Å². The van der Waals surface area contributed by atoms with Gasteiger partial charge >= 0.3 is 0 Å². The average Bonchev–Trinajstić information content (AvgIpc) is 2.05.